The van der Waals surface area contributed by atoms with Gasteiger partial charge >= 0.3 is 0 Å². The van der Waals surface area contributed by atoms with Crippen LogP contribution in [0.15, 0.2) is 23.1 Å². The summed E-state index contributed by atoms with van der Waals surface area (Å²) in [5.41, 5.74) is 1.31. The van der Waals surface area contributed by atoms with Crippen LogP contribution in [-0.4, -0.2) is 37.9 Å². The molecule has 4 rings (SSSR count). The van der Waals surface area contributed by atoms with E-state index >= 15 is 0 Å². The molecule has 0 spiro atoms. The summed E-state index contributed by atoms with van der Waals surface area (Å²) in [6, 6.07) is 0. The predicted molar refractivity (Wildman–Crippen MR) is 111 cm³/mol. The number of aromatic nitrogens is 4. The summed E-state index contributed by atoms with van der Waals surface area (Å²) in [6.45, 7) is 8.86. The Morgan fingerprint density at radius 1 is 1.21 bits per heavy atom. The third kappa shape index (κ3) is 4.13. The van der Waals surface area contributed by atoms with Crippen LogP contribution in [0.5, 0.6) is 0 Å². The van der Waals surface area contributed by atoms with E-state index in [9.17, 15) is 4.79 Å². The zero-order valence-corrected chi connectivity index (χ0v) is 17.0. The largest absolute Gasteiger partial charge is 0.442 e. The molecule has 3 N–H and O–H groups in total. The molecule has 152 valence electrons. The number of carbonyl (C=O) groups excluding carboxylic acids is 1. The van der Waals surface area contributed by atoms with Crippen molar-refractivity contribution in [3.63, 3.8) is 0 Å². The molecule has 0 aliphatic heterocycles. The Balaban J connectivity index is 1.57. The first kappa shape index (κ1) is 19.1. The fraction of sp³-hybridized carbons (Fsp3) is 0.450. The van der Waals surface area contributed by atoms with Crippen molar-refractivity contribution < 1.29 is 9.21 Å². The fourth-order valence-electron chi connectivity index (χ4n) is 2.98. The zero-order valence-electron chi connectivity index (χ0n) is 17.0. The molecule has 0 aromatic carbocycles. The van der Waals surface area contributed by atoms with E-state index in [0.717, 1.165) is 19.4 Å². The van der Waals surface area contributed by atoms with Gasteiger partial charge in [0.25, 0.3) is 5.91 Å². The quantitative estimate of drug-likeness (QED) is 0.555. The molecular formula is C20H25N7O2. The average Bonchev–Trinajstić information content (AvgIpc) is 3.29. The van der Waals surface area contributed by atoms with Gasteiger partial charge in [-0.3, -0.25) is 4.79 Å². The standard InChI is InChI=1S/C20H25N7O2/c1-11(2)7-21-19-22-8-13(9-23-19)26-17(28)14-12(3)29-18-15(14)16(24-10-25-18)27-20(4)5-6-20/h8-11H,5-7H2,1-4H3,(H,26,28)(H,21,22,23)(H,24,25,27). The first-order valence-electron chi connectivity index (χ1n) is 9.74. The van der Waals surface area contributed by atoms with E-state index in [1.807, 2.05) is 0 Å². The van der Waals surface area contributed by atoms with Crippen molar-refractivity contribution in [2.75, 3.05) is 22.5 Å². The molecule has 1 amide bonds. The highest BCUT2D eigenvalue weighted by Gasteiger charge is 2.38. The number of nitrogens with one attached hydrogen (secondary N) is 3. The van der Waals surface area contributed by atoms with E-state index in [1.165, 1.54) is 6.33 Å². The van der Waals surface area contributed by atoms with Crippen molar-refractivity contribution in [2.24, 2.45) is 5.92 Å². The maximum Gasteiger partial charge on any atom is 0.260 e. The summed E-state index contributed by atoms with van der Waals surface area (Å²) in [7, 11) is 0. The monoisotopic (exact) mass is 395 g/mol. The van der Waals surface area contributed by atoms with Gasteiger partial charge in [-0.2, -0.15) is 0 Å². The van der Waals surface area contributed by atoms with E-state index < -0.39 is 0 Å². The summed E-state index contributed by atoms with van der Waals surface area (Å²) in [5.74, 6) is 1.80. The highest BCUT2D eigenvalue weighted by molar-refractivity contribution is 6.15. The van der Waals surface area contributed by atoms with E-state index in [0.29, 0.717) is 45.8 Å². The second-order valence-corrected chi connectivity index (χ2v) is 8.15. The van der Waals surface area contributed by atoms with Gasteiger partial charge in [-0.25, -0.2) is 19.9 Å². The normalized spacial score (nSPS) is 14.8. The average molecular weight is 395 g/mol. The van der Waals surface area contributed by atoms with Crippen LogP contribution in [0.2, 0.25) is 0 Å². The Morgan fingerprint density at radius 2 is 1.93 bits per heavy atom. The van der Waals surface area contributed by atoms with Crippen LogP contribution < -0.4 is 16.0 Å². The van der Waals surface area contributed by atoms with E-state index in [1.54, 1.807) is 19.3 Å². The number of amides is 1. The van der Waals surface area contributed by atoms with Crippen LogP contribution in [0, 0.1) is 12.8 Å². The Morgan fingerprint density at radius 3 is 2.59 bits per heavy atom. The Bertz CT molecular complexity index is 1040. The summed E-state index contributed by atoms with van der Waals surface area (Å²) >= 11 is 0. The lowest BCUT2D eigenvalue weighted by Crippen LogP contribution is -2.18. The van der Waals surface area contributed by atoms with Crippen LogP contribution in [0.4, 0.5) is 17.5 Å². The van der Waals surface area contributed by atoms with Gasteiger partial charge < -0.3 is 20.4 Å². The van der Waals surface area contributed by atoms with E-state index in [2.05, 4.69) is 56.7 Å². The number of hydrogen-bond donors (Lipinski definition) is 3. The number of carbonyl (C=O) groups is 1. The summed E-state index contributed by atoms with van der Waals surface area (Å²) in [6.07, 6.45) is 6.71. The van der Waals surface area contributed by atoms with Crippen molar-refractivity contribution in [1.82, 2.24) is 19.9 Å². The lowest BCUT2D eigenvalue weighted by atomic mass is 10.1. The van der Waals surface area contributed by atoms with Crippen molar-refractivity contribution >= 4 is 34.5 Å². The van der Waals surface area contributed by atoms with Gasteiger partial charge in [-0.1, -0.05) is 13.8 Å². The number of hydrogen-bond acceptors (Lipinski definition) is 8. The Kier molecular flexibility index (Phi) is 4.81. The summed E-state index contributed by atoms with van der Waals surface area (Å²) in [4.78, 5) is 30.0. The molecule has 1 fully saturated rings. The second kappa shape index (κ2) is 7.31. The maximum atomic E-state index is 13.0. The molecule has 1 aliphatic rings. The smallest absolute Gasteiger partial charge is 0.260 e. The van der Waals surface area contributed by atoms with Crippen molar-refractivity contribution in [3.8, 4) is 0 Å². The molecule has 3 aromatic rings. The number of furan rings is 1. The van der Waals surface area contributed by atoms with Crippen LogP contribution in [-0.2, 0) is 0 Å². The number of nitrogens with zero attached hydrogens (tertiary/aromatic N) is 4. The van der Waals surface area contributed by atoms with Crippen LogP contribution in [0.25, 0.3) is 11.1 Å². The second-order valence-electron chi connectivity index (χ2n) is 8.15. The van der Waals surface area contributed by atoms with Gasteiger partial charge in [0.05, 0.1) is 29.0 Å². The Hall–Kier alpha value is -3.23. The minimum atomic E-state index is -0.313. The predicted octanol–water partition coefficient (Wildman–Crippen LogP) is 3.61. The van der Waals surface area contributed by atoms with Gasteiger partial charge in [0.2, 0.25) is 11.7 Å². The minimum absolute atomic E-state index is 0.00681. The molecule has 3 heterocycles. The molecule has 1 saturated carbocycles. The van der Waals surface area contributed by atoms with Crippen molar-refractivity contribution in [1.29, 1.82) is 0 Å². The highest BCUT2D eigenvalue weighted by Crippen LogP contribution is 2.40. The highest BCUT2D eigenvalue weighted by atomic mass is 16.3. The SMILES string of the molecule is Cc1oc2ncnc(NC3(C)CC3)c2c1C(=O)Nc1cnc(NCC(C)C)nc1. The van der Waals surface area contributed by atoms with Crippen LogP contribution >= 0.6 is 0 Å². The van der Waals surface area contributed by atoms with Crippen molar-refractivity contribution in [3.05, 3.63) is 30.0 Å². The molecule has 3 aromatic heterocycles. The molecule has 29 heavy (non-hydrogen) atoms. The summed E-state index contributed by atoms with van der Waals surface area (Å²) in [5, 5.41) is 9.99. The molecule has 0 saturated heterocycles. The molecule has 9 heteroatoms. The van der Waals surface area contributed by atoms with Gasteiger partial charge in [-0.05, 0) is 32.6 Å². The third-order valence-electron chi connectivity index (χ3n) is 4.89. The summed E-state index contributed by atoms with van der Waals surface area (Å²) < 4.78 is 5.71. The third-order valence-corrected chi connectivity index (χ3v) is 4.89. The fourth-order valence-corrected chi connectivity index (χ4v) is 2.98. The minimum Gasteiger partial charge on any atom is -0.442 e. The molecule has 0 unspecified atom stereocenters. The van der Waals surface area contributed by atoms with Gasteiger partial charge in [-0.15, -0.1) is 0 Å². The molecule has 0 radical (unpaired) electrons. The number of fused-ring (bicyclic) bond motifs is 1. The Labute approximate surface area is 168 Å². The first-order chi connectivity index (χ1) is 13.8. The topological polar surface area (TPSA) is 118 Å². The lowest BCUT2D eigenvalue weighted by Gasteiger charge is -2.13. The van der Waals surface area contributed by atoms with Crippen LogP contribution in [0.3, 0.4) is 0 Å². The first-order valence-corrected chi connectivity index (χ1v) is 9.74. The van der Waals surface area contributed by atoms with E-state index in [-0.39, 0.29) is 11.4 Å². The molecular weight excluding hydrogens is 370 g/mol. The van der Waals surface area contributed by atoms with Gasteiger partial charge in [0.15, 0.2) is 0 Å². The van der Waals surface area contributed by atoms with Crippen molar-refractivity contribution in [2.45, 2.75) is 46.1 Å². The van der Waals surface area contributed by atoms with Gasteiger partial charge in [0, 0.05) is 12.1 Å². The zero-order chi connectivity index (χ0) is 20.6. The van der Waals surface area contributed by atoms with Gasteiger partial charge in [0.1, 0.15) is 17.9 Å². The number of anilines is 3. The van der Waals surface area contributed by atoms with E-state index in [4.69, 9.17) is 4.42 Å². The molecule has 0 atom stereocenters. The molecule has 0 bridgehead atoms. The van der Waals surface area contributed by atoms with Crippen LogP contribution in [0.1, 0.15) is 49.7 Å². The maximum absolute atomic E-state index is 13.0. The number of rotatable bonds is 7. The number of aryl methyl sites for hydroxylation is 1. The molecule has 9 nitrogen and oxygen atoms in total. The lowest BCUT2D eigenvalue weighted by molar-refractivity contribution is 0.102. The molecule has 1 aliphatic carbocycles.